The molecular weight excluding hydrogens is 426 g/mol. The first kappa shape index (κ1) is 22.4. The van der Waals surface area contributed by atoms with Gasteiger partial charge in [0.05, 0.1) is 11.4 Å². The monoisotopic (exact) mass is 446 g/mol. The van der Waals surface area contributed by atoms with Crippen molar-refractivity contribution in [1.29, 1.82) is 0 Å². The molecule has 1 amide bonds. The first-order chi connectivity index (χ1) is 14.7. The van der Waals surface area contributed by atoms with E-state index >= 15 is 0 Å². The van der Waals surface area contributed by atoms with Crippen LogP contribution in [0.2, 0.25) is 0 Å². The minimum absolute atomic E-state index is 0.111. The Morgan fingerprint density at radius 1 is 0.968 bits per heavy atom. The van der Waals surface area contributed by atoms with Gasteiger partial charge in [0.15, 0.2) is 0 Å². The summed E-state index contributed by atoms with van der Waals surface area (Å²) in [7, 11) is -2.67. The molecule has 0 radical (unpaired) electrons. The summed E-state index contributed by atoms with van der Waals surface area (Å²) in [6.45, 7) is -0.212. The van der Waals surface area contributed by atoms with Crippen molar-refractivity contribution in [3.8, 4) is 5.75 Å². The van der Waals surface area contributed by atoms with Crippen LogP contribution >= 0.6 is 0 Å². The lowest BCUT2D eigenvalue weighted by Gasteiger charge is -2.17. The summed E-state index contributed by atoms with van der Waals surface area (Å²) in [5.74, 6) is -0.959. The van der Waals surface area contributed by atoms with Gasteiger partial charge in [-0.3, -0.25) is 4.79 Å². The van der Waals surface area contributed by atoms with E-state index in [0.29, 0.717) is 11.4 Å². The number of hydrogen-bond acceptors (Lipinski definition) is 4. The number of anilines is 1. The molecule has 0 aliphatic rings. The van der Waals surface area contributed by atoms with Crippen molar-refractivity contribution in [2.75, 3.05) is 18.9 Å². The van der Waals surface area contributed by atoms with E-state index in [0.717, 1.165) is 34.1 Å². The molecule has 3 aromatic carbocycles. The Morgan fingerprint density at radius 2 is 1.58 bits per heavy atom. The summed E-state index contributed by atoms with van der Waals surface area (Å²) in [6.07, 6.45) is 0. The molecule has 1 N–H and O–H groups in total. The van der Waals surface area contributed by atoms with E-state index in [4.69, 9.17) is 4.74 Å². The standard InChI is InChI=1S/C22H20F2N2O4S/c1-26(31(28,29)21-11-9-18(24)10-12-21)14-22(27)25-19-3-2-4-20(13-19)30-15-16-5-7-17(23)8-6-16/h2-13H,14-15H2,1H3,(H,25,27). The van der Waals surface area contributed by atoms with Crippen LogP contribution in [0.15, 0.2) is 77.7 Å². The molecule has 0 saturated carbocycles. The molecule has 0 saturated heterocycles. The van der Waals surface area contributed by atoms with E-state index < -0.39 is 28.3 Å². The Labute approximate surface area is 179 Å². The van der Waals surface area contributed by atoms with E-state index in [9.17, 15) is 22.0 Å². The second kappa shape index (κ2) is 9.67. The molecule has 0 aliphatic carbocycles. The summed E-state index contributed by atoms with van der Waals surface area (Å²) in [5, 5.41) is 2.62. The molecule has 3 rings (SSSR count). The van der Waals surface area contributed by atoms with Crippen molar-refractivity contribution in [3.63, 3.8) is 0 Å². The van der Waals surface area contributed by atoms with E-state index in [1.807, 2.05) is 0 Å². The highest BCUT2D eigenvalue weighted by Gasteiger charge is 2.23. The van der Waals surface area contributed by atoms with Crippen LogP contribution in [0.4, 0.5) is 14.5 Å². The number of carbonyl (C=O) groups is 1. The molecule has 162 valence electrons. The Morgan fingerprint density at radius 3 is 2.23 bits per heavy atom. The Bertz CT molecular complexity index is 1150. The molecule has 0 heterocycles. The van der Waals surface area contributed by atoms with Crippen molar-refractivity contribution in [3.05, 3.63) is 90.0 Å². The number of amides is 1. The van der Waals surface area contributed by atoms with Crippen LogP contribution in [0.1, 0.15) is 5.56 Å². The molecular formula is C22H20F2N2O4S. The fraction of sp³-hybridized carbons (Fsp3) is 0.136. The summed E-state index contributed by atoms with van der Waals surface area (Å²) < 4.78 is 57.5. The predicted molar refractivity (Wildman–Crippen MR) is 112 cm³/mol. The zero-order valence-electron chi connectivity index (χ0n) is 16.6. The van der Waals surface area contributed by atoms with Gasteiger partial charge in [-0.15, -0.1) is 0 Å². The maximum Gasteiger partial charge on any atom is 0.243 e. The molecule has 0 aromatic heterocycles. The topological polar surface area (TPSA) is 75.7 Å². The molecule has 0 atom stereocenters. The number of halogens is 2. The van der Waals surface area contributed by atoms with Gasteiger partial charge >= 0.3 is 0 Å². The van der Waals surface area contributed by atoms with Crippen LogP contribution < -0.4 is 10.1 Å². The lowest BCUT2D eigenvalue weighted by Crippen LogP contribution is -2.34. The molecule has 0 fully saturated rings. The Kier molecular flexibility index (Phi) is 6.98. The van der Waals surface area contributed by atoms with Gasteiger partial charge in [0.25, 0.3) is 0 Å². The number of hydrogen-bond donors (Lipinski definition) is 1. The average Bonchev–Trinajstić information content (AvgIpc) is 2.74. The normalized spacial score (nSPS) is 11.4. The predicted octanol–water partition coefficient (Wildman–Crippen LogP) is 3.80. The smallest absolute Gasteiger partial charge is 0.243 e. The van der Waals surface area contributed by atoms with Crippen LogP contribution in [0.5, 0.6) is 5.75 Å². The number of likely N-dealkylation sites (N-methyl/N-ethyl adjacent to an activating group) is 1. The van der Waals surface area contributed by atoms with Gasteiger partial charge in [0.1, 0.15) is 24.0 Å². The Balaban J connectivity index is 1.59. The van der Waals surface area contributed by atoms with Gasteiger partial charge in [-0.1, -0.05) is 18.2 Å². The molecule has 0 spiro atoms. The minimum atomic E-state index is -3.94. The second-order valence-corrected chi connectivity index (χ2v) is 8.75. The van der Waals surface area contributed by atoms with E-state index in [-0.39, 0.29) is 17.3 Å². The minimum Gasteiger partial charge on any atom is -0.489 e. The molecule has 0 aliphatic heterocycles. The van der Waals surface area contributed by atoms with Crippen LogP contribution in [0.25, 0.3) is 0 Å². The molecule has 3 aromatic rings. The SMILES string of the molecule is CN(CC(=O)Nc1cccc(OCc2ccc(F)cc2)c1)S(=O)(=O)c1ccc(F)cc1. The zero-order chi connectivity index (χ0) is 22.4. The highest BCUT2D eigenvalue weighted by Crippen LogP contribution is 2.19. The number of ether oxygens (including phenoxy) is 1. The molecule has 0 bridgehead atoms. The van der Waals surface area contributed by atoms with Gasteiger partial charge in [-0.25, -0.2) is 17.2 Å². The number of rotatable bonds is 8. The molecule has 9 heteroatoms. The van der Waals surface area contributed by atoms with E-state index in [1.54, 1.807) is 36.4 Å². The summed E-state index contributed by atoms with van der Waals surface area (Å²) in [6, 6.07) is 16.9. The third-order valence-corrected chi connectivity index (χ3v) is 6.14. The number of nitrogens with zero attached hydrogens (tertiary/aromatic N) is 1. The lowest BCUT2D eigenvalue weighted by atomic mass is 10.2. The van der Waals surface area contributed by atoms with E-state index in [2.05, 4.69) is 5.32 Å². The van der Waals surface area contributed by atoms with Crippen molar-refractivity contribution in [2.45, 2.75) is 11.5 Å². The first-order valence-electron chi connectivity index (χ1n) is 9.23. The largest absolute Gasteiger partial charge is 0.489 e. The zero-order valence-corrected chi connectivity index (χ0v) is 17.4. The van der Waals surface area contributed by atoms with Crippen LogP contribution in [0, 0.1) is 11.6 Å². The third-order valence-electron chi connectivity index (χ3n) is 4.32. The number of carbonyl (C=O) groups excluding carboxylic acids is 1. The van der Waals surface area contributed by atoms with Crippen molar-refractivity contribution >= 4 is 21.6 Å². The number of sulfonamides is 1. The molecule has 6 nitrogen and oxygen atoms in total. The van der Waals surface area contributed by atoms with Gasteiger partial charge < -0.3 is 10.1 Å². The summed E-state index contributed by atoms with van der Waals surface area (Å²) in [5.41, 5.74) is 1.21. The van der Waals surface area contributed by atoms with Crippen molar-refractivity contribution in [2.24, 2.45) is 0 Å². The highest BCUT2D eigenvalue weighted by atomic mass is 32.2. The number of benzene rings is 3. The highest BCUT2D eigenvalue weighted by molar-refractivity contribution is 7.89. The maximum absolute atomic E-state index is 13.0. The first-order valence-corrected chi connectivity index (χ1v) is 10.7. The molecule has 31 heavy (non-hydrogen) atoms. The Hall–Kier alpha value is -3.30. The van der Waals surface area contributed by atoms with Crippen molar-refractivity contribution < 1.29 is 26.7 Å². The van der Waals surface area contributed by atoms with Gasteiger partial charge in [0.2, 0.25) is 15.9 Å². The van der Waals surface area contributed by atoms with Gasteiger partial charge in [-0.05, 0) is 54.1 Å². The second-order valence-electron chi connectivity index (χ2n) is 6.71. The fourth-order valence-electron chi connectivity index (χ4n) is 2.69. The van der Waals surface area contributed by atoms with Crippen molar-refractivity contribution in [1.82, 2.24) is 4.31 Å². The summed E-state index contributed by atoms with van der Waals surface area (Å²) >= 11 is 0. The third kappa shape index (κ3) is 6.09. The van der Waals surface area contributed by atoms with Crippen LogP contribution in [0.3, 0.4) is 0 Å². The quantitative estimate of drug-likeness (QED) is 0.571. The maximum atomic E-state index is 13.0. The van der Waals surface area contributed by atoms with Gasteiger partial charge in [0, 0.05) is 18.8 Å². The lowest BCUT2D eigenvalue weighted by molar-refractivity contribution is -0.116. The van der Waals surface area contributed by atoms with E-state index in [1.165, 1.54) is 19.2 Å². The van der Waals surface area contributed by atoms with Crippen LogP contribution in [-0.4, -0.2) is 32.2 Å². The number of nitrogens with one attached hydrogen (secondary N) is 1. The summed E-state index contributed by atoms with van der Waals surface area (Å²) in [4.78, 5) is 12.2. The van der Waals surface area contributed by atoms with Gasteiger partial charge in [-0.2, -0.15) is 4.31 Å². The average molecular weight is 446 g/mol. The molecule has 0 unspecified atom stereocenters. The van der Waals surface area contributed by atoms with Crippen LogP contribution in [-0.2, 0) is 21.4 Å². The fourth-order valence-corrected chi connectivity index (χ4v) is 3.81.